The Morgan fingerprint density at radius 1 is 0.862 bits per heavy atom. The van der Waals surface area contributed by atoms with Crippen LogP contribution in [0.25, 0.3) is 10.8 Å². The molecular weight excluding hydrogens is 376 g/mol. The molecule has 0 bridgehead atoms. The number of hydrogen-bond donors (Lipinski definition) is 1. The van der Waals surface area contributed by atoms with Crippen LogP contribution >= 0.6 is 11.8 Å². The Morgan fingerprint density at radius 3 is 2.21 bits per heavy atom. The van der Waals surface area contributed by atoms with Gasteiger partial charge in [0.1, 0.15) is 0 Å². The third-order valence-electron chi connectivity index (χ3n) is 4.79. The standard InChI is InChI=1S/C25H22N2OS/c1-25(2,23-14-8-9-15-26-23)27-24(28)21-16-18-10-6-7-11-19(18)17-22(21)29-20-12-4-3-5-13-20/h3-17H,1-2H3,(H,27,28). The number of pyridine rings is 1. The third-order valence-corrected chi connectivity index (χ3v) is 5.86. The zero-order valence-electron chi connectivity index (χ0n) is 16.4. The Morgan fingerprint density at radius 2 is 1.52 bits per heavy atom. The molecule has 4 aromatic rings. The van der Waals surface area contributed by atoms with Crippen molar-refractivity contribution in [3.8, 4) is 0 Å². The van der Waals surface area contributed by atoms with Gasteiger partial charge in [0, 0.05) is 16.0 Å². The van der Waals surface area contributed by atoms with Crippen molar-refractivity contribution in [2.45, 2.75) is 29.2 Å². The number of amides is 1. The molecule has 3 aromatic carbocycles. The van der Waals surface area contributed by atoms with Crippen molar-refractivity contribution in [2.24, 2.45) is 0 Å². The fourth-order valence-corrected chi connectivity index (χ4v) is 4.24. The first-order chi connectivity index (χ1) is 14.0. The van der Waals surface area contributed by atoms with E-state index < -0.39 is 5.54 Å². The molecule has 144 valence electrons. The number of rotatable bonds is 5. The van der Waals surface area contributed by atoms with Crippen molar-refractivity contribution in [3.05, 3.63) is 102 Å². The van der Waals surface area contributed by atoms with Crippen molar-refractivity contribution in [3.63, 3.8) is 0 Å². The molecule has 0 aliphatic heterocycles. The van der Waals surface area contributed by atoms with Gasteiger partial charge in [-0.2, -0.15) is 0 Å². The first-order valence-electron chi connectivity index (χ1n) is 9.53. The molecule has 0 spiro atoms. The van der Waals surface area contributed by atoms with E-state index in [1.807, 2.05) is 74.5 Å². The second-order valence-electron chi connectivity index (χ2n) is 7.40. The number of benzene rings is 3. The quantitative estimate of drug-likeness (QED) is 0.445. The van der Waals surface area contributed by atoms with E-state index in [9.17, 15) is 4.79 Å². The van der Waals surface area contributed by atoms with Gasteiger partial charge in [-0.3, -0.25) is 9.78 Å². The molecule has 0 aliphatic carbocycles. The van der Waals surface area contributed by atoms with E-state index in [1.165, 1.54) is 0 Å². The minimum atomic E-state index is -0.585. The van der Waals surface area contributed by atoms with E-state index >= 15 is 0 Å². The summed E-state index contributed by atoms with van der Waals surface area (Å²) < 4.78 is 0. The summed E-state index contributed by atoms with van der Waals surface area (Å²) in [4.78, 5) is 19.8. The molecule has 1 heterocycles. The van der Waals surface area contributed by atoms with Crippen molar-refractivity contribution in [1.29, 1.82) is 0 Å². The van der Waals surface area contributed by atoms with Crippen LogP contribution in [-0.2, 0) is 5.54 Å². The number of nitrogens with zero attached hydrogens (tertiary/aromatic N) is 1. The predicted molar refractivity (Wildman–Crippen MR) is 119 cm³/mol. The fraction of sp³-hybridized carbons (Fsp3) is 0.120. The van der Waals surface area contributed by atoms with Gasteiger partial charge >= 0.3 is 0 Å². The summed E-state index contributed by atoms with van der Waals surface area (Å²) in [5, 5.41) is 5.33. The smallest absolute Gasteiger partial charge is 0.253 e. The number of carbonyl (C=O) groups excluding carboxylic acids is 1. The van der Waals surface area contributed by atoms with Gasteiger partial charge in [0.2, 0.25) is 0 Å². The van der Waals surface area contributed by atoms with Crippen molar-refractivity contribution in [1.82, 2.24) is 10.3 Å². The van der Waals surface area contributed by atoms with Gasteiger partial charge in [-0.1, -0.05) is 60.3 Å². The SMILES string of the molecule is CC(C)(NC(=O)c1cc2ccccc2cc1Sc1ccccc1)c1ccccn1. The predicted octanol–water partition coefficient (Wildman–Crippen LogP) is 6.05. The summed E-state index contributed by atoms with van der Waals surface area (Å²) in [5.74, 6) is -0.107. The maximum Gasteiger partial charge on any atom is 0.253 e. The van der Waals surface area contributed by atoms with Gasteiger partial charge in [0.15, 0.2) is 0 Å². The molecule has 0 fully saturated rings. The van der Waals surface area contributed by atoms with E-state index in [0.717, 1.165) is 26.3 Å². The molecule has 1 aromatic heterocycles. The molecule has 1 amide bonds. The van der Waals surface area contributed by atoms with Gasteiger partial charge in [0.25, 0.3) is 5.91 Å². The molecule has 0 aliphatic rings. The van der Waals surface area contributed by atoms with Crippen LogP contribution in [0.3, 0.4) is 0 Å². The Balaban J connectivity index is 1.72. The maximum atomic E-state index is 13.3. The molecule has 0 radical (unpaired) electrons. The summed E-state index contributed by atoms with van der Waals surface area (Å²) in [5.41, 5.74) is 0.909. The fourth-order valence-electron chi connectivity index (χ4n) is 3.24. The lowest BCUT2D eigenvalue weighted by Gasteiger charge is -2.26. The van der Waals surface area contributed by atoms with Crippen LogP contribution in [-0.4, -0.2) is 10.9 Å². The van der Waals surface area contributed by atoms with Crippen molar-refractivity contribution >= 4 is 28.4 Å². The van der Waals surface area contributed by atoms with Crippen LogP contribution < -0.4 is 5.32 Å². The highest BCUT2D eigenvalue weighted by Crippen LogP contribution is 2.34. The zero-order valence-corrected chi connectivity index (χ0v) is 17.2. The minimum absolute atomic E-state index is 0.107. The lowest BCUT2D eigenvalue weighted by atomic mass is 9.98. The molecule has 1 N–H and O–H groups in total. The Kier molecular flexibility index (Phi) is 5.36. The number of nitrogens with one attached hydrogen (secondary N) is 1. The number of aromatic nitrogens is 1. The number of hydrogen-bond acceptors (Lipinski definition) is 3. The minimum Gasteiger partial charge on any atom is -0.341 e. The molecule has 29 heavy (non-hydrogen) atoms. The van der Waals surface area contributed by atoms with Gasteiger partial charge in [-0.05, 0) is 61.0 Å². The molecule has 3 nitrogen and oxygen atoms in total. The molecule has 0 saturated carbocycles. The van der Waals surface area contributed by atoms with Crippen LogP contribution in [0.5, 0.6) is 0 Å². The van der Waals surface area contributed by atoms with Crippen LogP contribution in [0.1, 0.15) is 29.9 Å². The second kappa shape index (κ2) is 8.10. The Labute approximate surface area is 175 Å². The van der Waals surface area contributed by atoms with Crippen molar-refractivity contribution in [2.75, 3.05) is 0 Å². The first kappa shape index (κ1) is 19.2. The summed E-state index contributed by atoms with van der Waals surface area (Å²) in [6, 6.07) is 28.0. The highest BCUT2D eigenvalue weighted by molar-refractivity contribution is 7.99. The lowest BCUT2D eigenvalue weighted by Crippen LogP contribution is -2.41. The van der Waals surface area contributed by atoms with Crippen LogP contribution in [0, 0.1) is 0 Å². The summed E-state index contributed by atoms with van der Waals surface area (Å²) >= 11 is 1.60. The maximum absolute atomic E-state index is 13.3. The van der Waals surface area contributed by atoms with E-state index in [2.05, 4.69) is 34.6 Å². The van der Waals surface area contributed by atoms with E-state index in [1.54, 1.807) is 18.0 Å². The van der Waals surface area contributed by atoms with Crippen molar-refractivity contribution < 1.29 is 4.79 Å². The Bertz CT molecular complexity index is 1140. The zero-order chi connectivity index (χ0) is 20.3. The average Bonchev–Trinajstić information content (AvgIpc) is 2.74. The van der Waals surface area contributed by atoms with Crippen LogP contribution in [0.15, 0.2) is 101 Å². The van der Waals surface area contributed by atoms with Gasteiger partial charge in [-0.25, -0.2) is 0 Å². The van der Waals surface area contributed by atoms with Crippen LogP contribution in [0.4, 0.5) is 0 Å². The number of fused-ring (bicyclic) bond motifs is 1. The van der Waals surface area contributed by atoms with E-state index in [4.69, 9.17) is 0 Å². The lowest BCUT2D eigenvalue weighted by molar-refractivity contribution is 0.0907. The highest BCUT2D eigenvalue weighted by Gasteiger charge is 2.26. The van der Waals surface area contributed by atoms with Gasteiger partial charge in [0.05, 0.1) is 16.8 Å². The van der Waals surface area contributed by atoms with E-state index in [-0.39, 0.29) is 5.91 Å². The monoisotopic (exact) mass is 398 g/mol. The molecule has 0 unspecified atom stereocenters. The van der Waals surface area contributed by atoms with Gasteiger partial charge < -0.3 is 5.32 Å². The second-order valence-corrected chi connectivity index (χ2v) is 8.52. The summed E-state index contributed by atoms with van der Waals surface area (Å²) in [6.07, 6.45) is 1.75. The first-order valence-corrected chi connectivity index (χ1v) is 10.3. The molecule has 4 heteroatoms. The average molecular weight is 399 g/mol. The molecule has 4 rings (SSSR count). The highest BCUT2D eigenvalue weighted by atomic mass is 32.2. The summed E-state index contributed by atoms with van der Waals surface area (Å²) in [7, 11) is 0. The summed E-state index contributed by atoms with van der Waals surface area (Å²) in [6.45, 7) is 3.94. The Hall–Kier alpha value is -3.11. The van der Waals surface area contributed by atoms with Crippen LogP contribution in [0.2, 0.25) is 0 Å². The topological polar surface area (TPSA) is 42.0 Å². The molecular formula is C25H22N2OS. The molecule has 0 saturated heterocycles. The third kappa shape index (κ3) is 4.33. The number of carbonyl (C=O) groups is 1. The largest absolute Gasteiger partial charge is 0.341 e. The van der Waals surface area contributed by atoms with E-state index in [0.29, 0.717) is 5.56 Å². The molecule has 0 atom stereocenters. The normalized spacial score (nSPS) is 11.4. The van der Waals surface area contributed by atoms with Gasteiger partial charge in [-0.15, -0.1) is 0 Å².